The minimum Gasteiger partial charge on any atom is -0.432 e. The predicted octanol–water partition coefficient (Wildman–Crippen LogP) is 1.21. The van der Waals surface area contributed by atoms with Gasteiger partial charge in [0.15, 0.2) is 5.75 Å². The van der Waals surface area contributed by atoms with Gasteiger partial charge in [-0.05, 0) is 12.8 Å². The van der Waals surface area contributed by atoms with Crippen LogP contribution in [0.15, 0.2) is 12.4 Å². The predicted molar refractivity (Wildman–Crippen MR) is 80.6 cm³/mol. The number of alkyl halides is 2. The molecule has 0 aliphatic carbocycles. The Kier molecular flexibility index (Phi) is 6.78. The molecular weight excluding hydrogens is 330 g/mol. The first kappa shape index (κ1) is 17.7. The molecule has 0 radical (unpaired) electrons. The van der Waals surface area contributed by atoms with Gasteiger partial charge in [0, 0.05) is 31.3 Å². The quantitative estimate of drug-likeness (QED) is 0.711. The molecule has 0 saturated carbocycles. The van der Waals surface area contributed by atoms with Gasteiger partial charge in [-0.15, -0.1) is 0 Å². The van der Waals surface area contributed by atoms with Crippen LogP contribution in [-0.4, -0.2) is 56.3 Å². The Morgan fingerprint density at radius 3 is 2.61 bits per heavy atom. The molecule has 0 amide bonds. The second kappa shape index (κ2) is 8.82. The number of aldehydes is 1. The van der Waals surface area contributed by atoms with Crippen LogP contribution >= 0.6 is 0 Å². The molecule has 0 aromatic carbocycles. The Morgan fingerprint density at radius 2 is 2.04 bits per heavy atom. The van der Waals surface area contributed by atoms with Crippen LogP contribution in [0.4, 0.5) is 14.7 Å². The van der Waals surface area contributed by atoms with Crippen molar-refractivity contribution in [3.05, 3.63) is 12.4 Å². The molecule has 1 aromatic rings. The van der Waals surface area contributed by atoms with Crippen molar-refractivity contribution in [3.63, 3.8) is 0 Å². The van der Waals surface area contributed by atoms with Gasteiger partial charge >= 0.3 is 6.61 Å². The Morgan fingerprint density at radius 1 is 1.39 bits per heavy atom. The van der Waals surface area contributed by atoms with Gasteiger partial charge < -0.3 is 14.8 Å². The third-order valence-corrected chi connectivity index (χ3v) is 4.86. The molecule has 1 atom stereocenters. The van der Waals surface area contributed by atoms with E-state index in [1.54, 1.807) is 0 Å². The number of anilines is 1. The molecule has 1 fully saturated rings. The Bertz CT molecular complexity index is 524. The van der Waals surface area contributed by atoms with Crippen molar-refractivity contribution < 1.29 is 22.5 Å². The Hall–Kier alpha value is -1.68. The molecular formula is C13H18F2N4O3S. The van der Waals surface area contributed by atoms with E-state index in [0.717, 1.165) is 19.1 Å². The van der Waals surface area contributed by atoms with Crippen LogP contribution in [0.1, 0.15) is 19.3 Å². The van der Waals surface area contributed by atoms with Gasteiger partial charge in [0.05, 0.1) is 23.4 Å². The molecule has 23 heavy (non-hydrogen) atoms. The van der Waals surface area contributed by atoms with E-state index in [4.69, 9.17) is 0 Å². The summed E-state index contributed by atoms with van der Waals surface area (Å²) >= 11 is 0. The van der Waals surface area contributed by atoms with Crippen LogP contribution in [-0.2, 0) is 15.8 Å². The van der Waals surface area contributed by atoms with Gasteiger partial charge in [-0.3, -0.25) is 0 Å². The second-order valence-corrected chi connectivity index (χ2v) is 6.52. The molecule has 1 aliphatic rings. The molecule has 1 aliphatic heterocycles. The number of nitrogens with one attached hydrogen (secondary N) is 1. The van der Waals surface area contributed by atoms with E-state index in [9.17, 15) is 17.8 Å². The molecule has 2 rings (SSSR count). The topological polar surface area (TPSA) is 84.4 Å². The molecule has 1 unspecified atom stereocenters. The van der Waals surface area contributed by atoms with Crippen molar-refractivity contribution in [3.8, 4) is 5.75 Å². The minimum absolute atomic E-state index is 0.0917. The summed E-state index contributed by atoms with van der Waals surface area (Å²) in [6.45, 7) is -1.60. The van der Waals surface area contributed by atoms with Crippen LogP contribution in [0.2, 0.25) is 0 Å². The number of halogens is 2. The summed E-state index contributed by atoms with van der Waals surface area (Å²) in [6.07, 6.45) is 4.95. The molecule has 10 heteroatoms. The van der Waals surface area contributed by atoms with Crippen molar-refractivity contribution >= 4 is 23.2 Å². The fraction of sp³-hybridized carbons (Fsp3) is 0.615. The van der Waals surface area contributed by atoms with Crippen LogP contribution in [0.5, 0.6) is 5.75 Å². The zero-order valence-corrected chi connectivity index (χ0v) is 13.2. The highest BCUT2D eigenvalue weighted by Crippen LogP contribution is 2.17. The highest BCUT2D eigenvalue weighted by molar-refractivity contribution is 7.82. The third-order valence-electron chi connectivity index (χ3n) is 3.34. The van der Waals surface area contributed by atoms with Crippen LogP contribution < -0.4 is 10.1 Å². The number of hydrogen-bond donors (Lipinski definition) is 1. The molecule has 7 nitrogen and oxygen atoms in total. The average molecular weight is 348 g/mol. The second-order valence-electron chi connectivity index (χ2n) is 4.95. The lowest BCUT2D eigenvalue weighted by molar-refractivity contribution is -0.107. The highest BCUT2D eigenvalue weighted by Gasteiger charge is 2.23. The Balaban J connectivity index is 1.77. The van der Waals surface area contributed by atoms with Crippen LogP contribution in [0, 0.1) is 0 Å². The van der Waals surface area contributed by atoms with Crippen molar-refractivity contribution in [2.75, 3.05) is 24.2 Å². The van der Waals surface area contributed by atoms with Crippen LogP contribution in [0.25, 0.3) is 0 Å². The summed E-state index contributed by atoms with van der Waals surface area (Å²) < 4.78 is 42.0. The monoisotopic (exact) mass is 348 g/mol. The van der Waals surface area contributed by atoms with Gasteiger partial charge in [-0.2, -0.15) is 8.78 Å². The van der Waals surface area contributed by atoms with Gasteiger partial charge in [-0.1, -0.05) is 0 Å². The standard InChI is InChI=1S/C13H18F2N4O3S/c14-12(15)22-11-8-16-13(17-9-11)18-10-2-4-19(5-3-10)23(21)7-1-6-20/h6,8-10,12H,1-5,7H2,(H,16,17,18). The van der Waals surface area contributed by atoms with E-state index < -0.39 is 17.6 Å². The third kappa shape index (κ3) is 5.79. The molecule has 1 N–H and O–H groups in total. The first-order valence-corrected chi connectivity index (χ1v) is 8.46. The number of carbonyl (C=O) groups is 1. The van der Waals surface area contributed by atoms with E-state index in [0.29, 0.717) is 31.2 Å². The lowest BCUT2D eigenvalue weighted by Gasteiger charge is -2.31. The van der Waals surface area contributed by atoms with Gasteiger partial charge in [0.1, 0.15) is 6.29 Å². The Labute approximate surface area is 135 Å². The summed E-state index contributed by atoms with van der Waals surface area (Å²) in [6, 6.07) is 0.121. The number of hydrogen-bond acceptors (Lipinski definition) is 6. The number of piperidine rings is 1. The zero-order chi connectivity index (χ0) is 16.7. The maximum Gasteiger partial charge on any atom is 0.387 e. The maximum atomic E-state index is 12.0. The van der Waals surface area contributed by atoms with Crippen molar-refractivity contribution in [2.24, 2.45) is 0 Å². The normalized spacial score (nSPS) is 17.9. The lowest BCUT2D eigenvalue weighted by Crippen LogP contribution is -2.40. The minimum atomic E-state index is -2.90. The summed E-state index contributed by atoms with van der Waals surface area (Å²) in [5.41, 5.74) is 0. The molecule has 1 aromatic heterocycles. The van der Waals surface area contributed by atoms with E-state index >= 15 is 0 Å². The first-order chi connectivity index (χ1) is 11.1. The molecule has 0 bridgehead atoms. The van der Waals surface area contributed by atoms with E-state index in [-0.39, 0.29) is 11.8 Å². The van der Waals surface area contributed by atoms with E-state index in [2.05, 4.69) is 20.0 Å². The number of ether oxygens (including phenoxy) is 1. The van der Waals surface area contributed by atoms with Crippen molar-refractivity contribution in [1.82, 2.24) is 14.3 Å². The van der Waals surface area contributed by atoms with Gasteiger partial charge in [0.2, 0.25) is 5.95 Å². The van der Waals surface area contributed by atoms with Crippen molar-refractivity contribution in [1.29, 1.82) is 0 Å². The summed E-state index contributed by atoms with van der Waals surface area (Å²) in [5, 5.41) is 3.12. The average Bonchev–Trinajstić information content (AvgIpc) is 2.54. The smallest absolute Gasteiger partial charge is 0.387 e. The number of aromatic nitrogens is 2. The summed E-state index contributed by atoms with van der Waals surface area (Å²) in [4.78, 5) is 18.2. The first-order valence-electron chi connectivity index (χ1n) is 7.19. The lowest BCUT2D eigenvalue weighted by atomic mass is 10.1. The summed E-state index contributed by atoms with van der Waals surface area (Å²) in [7, 11) is -1.12. The molecule has 1 saturated heterocycles. The fourth-order valence-corrected chi connectivity index (χ4v) is 3.39. The molecule has 2 heterocycles. The number of nitrogens with zero attached hydrogens (tertiary/aromatic N) is 3. The van der Waals surface area contributed by atoms with Gasteiger partial charge in [0.25, 0.3) is 0 Å². The van der Waals surface area contributed by atoms with E-state index in [1.165, 1.54) is 12.4 Å². The molecule has 128 valence electrons. The fourth-order valence-electron chi connectivity index (χ4n) is 2.22. The summed E-state index contributed by atoms with van der Waals surface area (Å²) in [5.74, 6) is 0.606. The van der Waals surface area contributed by atoms with Crippen LogP contribution in [0.3, 0.4) is 0 Å². The SMILES string of the molecule is O=CCCS(=O)N1CCC(Nc2ncc(OC(F)F)cn2)CC1. The van der Waals surface area contributed by atoms with Gasteiger partial charge in [-0.25, -0.2) is 18.5 Å². The highest BCUT2D eigenvalue weighted by atomic mass is 32.2. The number of rotatable bonds is 8. The largest absolute Gasteiger partial charge is 0.432 e. The van der Waals surface area contributed by atoms with Crippen molar-refractivity contribution in [2.45, 2.75) is 31.9 Å². The molecule has 0 spiro atoms. The number of carbonyl (C=O) groups excluding carboxylic acids is 1. The maximum absolute atomic E-state index is 12.0. The van der Waals surface area contributed by atoms with E-state index in [1.807, 2.05) is 4.31 Å². The zero-order valence-electron chi connectivity index (χ0n) is 12.4.